The molecule has 4 nitrogen and oxygen atoms in total. The van der Waals surface area contributed by atoms with Crippen molar-refractivity contribution >= 4 is 11.9 Å². The molecule has 0 spiro atoms. The first-order valence-corrected chi connectivity index (χ1v) is 3.67. The Balaban J connectivity index is 2.66. The number of carboxylic acid groups (broad SMARTS) is 1. The summed E-state index contributed by atoms with van der Waals surface area (Å²) in [6, 6.07) is 0. The molecule has 1 fully saturated rings. The molecule has 0 radical (unpaired) electrons. The minimum Gasteiger partial charge on any atom is -0.545 e. The van der Waals surface area contributed by atoms with Crippen LogP contribution in [0.15, 0.2) is 11.6 Å². The van der Waals surface area contributed by atoms with Crippen LogP contribution in [0, 0.1) is 5.92 Å². The van der Waals surface area contributed by atoms with Gasteiger partial charge in [-0.3, -0.25) is 4.79 Å². The highest BCUT2D eigenvalue weighted by Crippen LogP contribution is 2.16. The molecule has 0 aromatic carbocycles. The highest BCUT2D eigenvalue weighted by molar-refractivity contribution is 5.86. The molecule has 1 rings (SSSR count). The molecule has 1 saturated heterocycles. The Hall–Kier alpha value is -1.32. The zero-order valence-electron chi connectivity index (χ0n) is 6.70. The summed E-state index contributed by atoms with van der Waals surface area (Å²) in [5, 5.41) is 10.3. The smallest absolute Gasteiger partial charge is 0.312 e. The van der Waals surface area contributed by atoms with Crippen molar-refractivity contribution in [2.45, 2.75) is 13.3 Å². The number of carbonyl (C=O) groups excluding carboxylic acids is 2. The van der Waals surface area contributed by atoms with Crippen LogP contribution in [0.3, 0.4) is 0 Å². The maximum absolute atomic E-state index is 10.9. The number of hydrogen-bond acceptors (Lipinski definition) is 4. The summed E-state index contributed by atoms with van der Waals surface area (Å²) < 4.78 is 4.65. The van der Waals surface area contributed by atoms with Crippen LogP contribution in [0.1, 0.15) is 13.3 Å². The molecule has 1 heterocycles. The van der Waals surface area contributed by atoms with Crippen LogP contribution in [-0.2, 0) is 14.3 Å². The third-order valence-electron chi connectivity index (χ3n) is 1.75. The Morgan fingerprint density at radius 2 is 2.42 bits per heavy atom. The second-order valence-corrected chi connectivity index (χ2v) is 2.70. The number of carbonyl (C=O) groups is 2. The van der Waals surface area contributed by atoms with Crippen molar-refractivity contribution < 1.29 is 19.4 Å². The minimum absolute atomic E-state index is 0.0823. The Bertz CT molecular complexity index is 241. The molecular weight excluding hydrogens is 160 g/mol. The van der Waals surface area contributed by atoms with Gasteiger partial charge in [-0.05, 0) is 18.9 Å². The van der Waals surface area contributed by atoms with Crippen LogP contribution in [0.25, 0.3) is 0 Å². The summed E-state index contributed by atoms with van der Waals surface area (Å²) >= 11 is 0. The van der Waals surface area contributed by atoms with Crippen molar-refractivity contribution in [3.05, 3.63) is 11.6 Å². The number of esters is 1. The third kappa shape index (κ3) is 1.84. The minimum atomic E-state index is -1.24. The molecule has 0 aromatic heterocycles. The van der Waals surface area contributed by atoms with Gasteiger partial charge >= 0.3 is 5.97 Å². The van der Waals surface area contributed by atoms with Gasteiger partial charge in [0.1, 0.15) is 0 Å². The molecule has 66 valence electrons. The molecule has 0 N–H and O–H groups in total. The highest BCUT2D eigenvalue weighted by Gasteiger charge is 2.24. The van der Waals surface area contributed by atoms with Gasteiger partial charge in [-0.25, -0.2) is 0 Å². The van der Waals surface area contributed by atoms with E-state index in [-0.39, 0.29) is 11.5 Å². The first kappa shape index (κ1) is 8.77. The second kappa shape index (κ2) is 3.38. The number of cyclic esters (lactones) is 1. The fraction of sp³-hybridized carbons (Fsp3) is 0.500. The summed E-state index contributed by atoms with van der Waals surface area (Å²) in [5.74, 6) is -1.99. The quantitative estimate of drug-likeness (QED) is 0.403. The van der Waals surface area contributed by atoms with E-state index in [0.29, 0.717) is 13.0 Å². The molecule has 4 heteroatoms. The van der Waals surface area contributed by atoms with Crippen molar-refractivity contribution in [3.63, 3.8) is 0 Å². The predicted molar refractivity (Wildman–Crippen MR) is 37.8 cm³/mol. The van der Waals surface area contributed by atoms with Crippen LogP contribution in [-0.4, -0.2) is 18.5 Å². The standard InChI is InChI=1S/C8H10O4/c1-5(7(9)10)4-6-2-3-12-8(6)11/h4,6H,2-3H2,1H3,(H,9,10)/p-1. The molecule has 12 heavy (non-hydrogen) atoms. The lowest BCUT2D eigenvalue weighted by atomic mass is 10.1. The van der Waals surface area contributed by atoms with Gasteiger partial charge < -0.3 is 14.6 Å². The number of hydrogen-bond donors (Lipinski definition) is 0. The summed E-state index contributed by atoms with van der Waals surface area (Å²) in [6.45, 7) is 1.78. The molecule has 1 aliphatic heterocycles. The third-order valence-corrected chi connectivity index (χ3v) is 1.75. The molecule has 0 aromatic rings. The van der Waals surface area contributed by atoms with Gasteiger partial charge in [-0.15, -0.1) is 0 Å². The molecule has 1 aliphatic rings. The molecular formula is C8H9O4-. The lowest BCUT2D eigenvalue weighted by Crippen LogP contribution is -2.24. The van der Waals surface area contributed by atoms with Crippen LogP contribution >= 0.6 is 0 Å². The van der Waals surface area contributed by atoms with Gasteiger partial charge in [0.25, 0.3) is 0 Å². The van der Waals surface area contributed by atoms with Gasteiger partial charge in [0, 0.05) is 0 Å². The maximum atomic E-state index is 10.9. The SMILES string of the molecule is CC(=CC1CCOC1=O)C(=O)[O-]. The van der Waals surface area contributed by atoms with Gasteiger partial charge in [0.2, 0.25) is 0 Å². The summed E-state index contributed by atoms with van der Waals surface area (Å²) in [5.41, 5.74) is 0.0823. The molecule has 0 bridgehead atoms. The van der Waals surface area contributed by atoms with Gasteiger partial charge in [0.15, 0.2) is 0 Å². The van der Waals surface area contributed by atoms with E-state index in [0.717, 1.165) is 0 Å². The second-order valence-electron chi connectivity index (χ2n) is 2.70. The fourth-order valence-electron chi connectivity index (χ4n) is 1.03. The van der Waals surface area contributed by atoms with E-state index >= 15 is 0 Å². The topological polar surface area (TPSA) is 66.4 Å². The Labute approximate surface area is 69.8 Å². The average molecular weight is 169 g/mol. The maximum Gasteiger partial charge on any atom is 0.312 e. The fourth-order valence-corrected chi connectivity index (χ4v) is 1.03. The monoisotopic (exact) mass is 169 g/mol. The van der Waals surface area contributed by atoms with Crippen molar-refractivity contribution in [2.24, 2.45) is 5.92 Å². The van der Waals surface area contributed by atoms with E-state index in [1.54, 1.807) is 0 Å². The molecule has 0 aliphatic carbocycles. The van der Waals surface area contributed by atoms with Gasteiger partial charge in [-0.1, -0.05) is 6.08 Å². The zero-order chi connectivity index (χ0) is 9.14. The molecule has 0 saturated carbocycles. The lowest BCUT2D eigenvalue weighted by Gasteiger charge is -2.03. The van der Waals surface area contributed by atoms with Crippen LogP contribution in [0.2, 0.25) is 0 Å². The Kier molecular flexibility index (Phi) is 2.47. The zero-order valence-corrected chi connectivity index (χ0v) is 6.70. The van der Waals surface area contributed by atoms with Crippen LogP contribution in [0.4, 0.5) is 0 Å². The van der Waals surface area contributed by atoms with E-state index in [1.807, 2.05) is 0 Å². The van der Waals surface area contributed by atoms with E-state index in [4.69, 9.17) is 0 Å². The summed E-state index contributed by atoms with van der Waals surface area (Å²) in [6.07, 6.45) is 1.94. The van der Waals surface area contributed by atoms with Crippen molar-refractivity contribution in [3.8, 4) is 0 Å². The summed E-state index contributed by atoms with van der Waals surface area (Å²) in [4.78, 5) is 21.1. The van der Waals surface area contributed by atoms with Gasteiger partial charge in [0.05, 0.1) is 18.5 Å². The Morgan fingerprint density at radius 3 is 2.83 bits per heavy atom. The van der Waals surface area contributed by atoms with E-state index in [9.17, 15) is 14.7 Å². The highest BCUT2D eigenvalue weighted by atomic mass is 16.5. The predicted octanol–water partition coefficient (Wildman–Crippen LogP) is -0.754. The van der Waals surface area contributed by atoms with E-state index in [2.05, 4.69) is 4.74 Å². The Morgan fingerprint density at radius 1 is 1.75 bits per heavy atom. The molecule has 1 atom stereocenters. The largest absolute Gasteiger partial charge is 0.545 e. The number of rotatable bonds is 2. The molecule has 0 amide bonds. The number of aliphatic carboxylic acids is 1. The summed E-state index contributed by atoms with van der Waals surface area (Å²) in [7, 11) is 0. The average Bonchev–Trinajstić information content (AvgIpc) is 2.36. The number of ether oxygens (including phenoxy) is 1. The number of carboxylic acids is 1. The van der Waals surface area contributed by atoms with E-state index in [1.165, 1.54) is 13.0 Å². The lowest BCUT2D eigenvalue weighted by molar-refractivity contribution is -0.299. The van der Waals surface area contributed by atoms with Crippen molar-refractivity contribution in [1.29, 1.82) is 0 Å². The van der Waals surface area contributed by atoms with E-state index < -0.39 is 11.9 Å². The first-order chi connectivity index (χ1) is 5.61. The van der Waals surface area contributed by atoms with Crippen molar-refractivity contribution in [1.82, 2.24) is 0 Å². The van der Waals surface area contributed by atoms with Crippen LogP contribution in [0.5, 0.6) is 0 Å². The normalized spacial score (nSPS) is 23.9. The molecule has 1 unspecified atom stereocenters. The first-order valence-electron chi connectivity index (χ1n) is 3.67. The van der Waals surface area contributed by atoms with Crippen LogP contribution < -0.4 is 5.11 Å². The van der Waals surface area contributed by atoms with Gasteiger partial charge in [-0.2, -0.15) is 0 Å². The van der Waals surface area contributed by atoms with Crippen molar-refractivity contribution in [2.75, 3.05) is 6.61 Å².